The van der Waals surface area contributed by atoms with Crippen LogP contribution in [0.5, 0.6) is 0 Å². The zero-order valence-corrected chi connectivity index (χ0v) is 25.6. The van der Waals surface area contributed by atoms with Crippen LogP contribution in [0, 0.1) is 0 Å². The van der Waals surface area contributed by atoms with Crippen molar-refractivity contribution in [2.24, 2.45) is 0 Å². The number of hydrogen-bond acceptors (Lipinski definition) is 7. The third kappa shape index (κ3) is 4.60. The van der Waals surface area contributed by atoms with Crippen LogP contribution < -0.4 is 4.90 Å². The molecule has 0 fully saturated rings. The Morgan fingerprint density at radius 3 is 2.05 bits per heavy atom. The summed E-state index contributed by atoms with van der Waals surface area (Å²) in [5, 5.41) is 0. The Kier molecular flexibility index (Phi) is 7.17. The van der Waals surface area contributed by atoms with E-state index in [2.05, 4.69) is 36.1 Å². The van der Waals surface area contributed by atoms with Crippen LogP contribution in [0.15, 0.2) is 36.4 Å². The van der Waals surface area contributed by atoms with E-state index in [1.54, 1.807) is 17.4 Å². The summed E-state index contributed by atoms with van der Waals surface area (Å²) in [6.07, 6.45) is 9.52. The summed E-state index contributed by atoms with van der Waals surface area (Å²) < 4.78 is 0. The average Bonchev–Trinajstić information content (AvgIpc) is 3.78. The summed E-state index contributed by atoms with van der Waals surface area (Å²) in [6, 6.07) is 12.7. The van der Waals surface area contributed by atoms with E-state index in [0.717, 1.165) is 77.4 Å². The quantitative estimate of drug-likeness (QED) is 0.110. The highest BCUT2D eigenvalue weighted by Crippen LogP contribution is 2.50. The van der Waals surface area contributed by atoms with Crippen LogP contribution in [0.3, 0.4) is 0 Å². The minimum atomic E-state index is -0.199. The van der Waals surface area contributed by atoms with Gasteiger partial charge in [-0.25, -0.2) is 0 Å². The third-order valence-corrected chi connectivity index (χ3v) is 12.2. The molecule has 3 aliphatic heterocycles. The highest BCUT2D eigenvalue weighted by Gasteiger charge is 2.42. The lowest BCUT2D eigenvalue weighted by Crippen LogP contribution is -2.34. The van der Waals surface area contributed by atoms with Crippen molar-refractivity contribution in [2.45, 2.75) is 58.3 Å². The molecule has 0 unspecified atom stereocenters. The van der Waals surface area contributed by atoms with Crippen LogP contribution in [-0.2, 0) is 12.8 Å². The van der Waals surface area contributed by atoms with Crippen molar-refractivity contribution in [1.82, 2.24) is 4.90 Å². The van der Waals surface area contributed by atoms with Crippen molar-refractivity contribution >= 4 is 57.8 Å². The highest BCUT2D eigenvalue weighted by molar-refractivity contribution is 7.28. The Bertz CT molecular complexity index is 1650. The van der Waals surface area contributed by atoms with Gasteiger partial charge in [-0.3, -0.25) is 19.3 Å². The Morgan fingerprint density at radius 1 is 0.780 bits per heavy atom. The maximum Gasteiger partial charge on any atom is 0.263 e. The number of aldehydes is 1. The first-order chi connectivity index (χ1) is 20.1. The number of rotatable bonds is 9. The van der Waals surface area contributed by atoms with Gasteiger partial charge in [-0.05, 0) is 85.2 Å². The number of imide groups is 1. The number of carbonyl (C=O) groups is 3. The predicted molar refractivity (Wildman–Crippen MR) is 170 cm³/mol. The van der Waals surface area contributed by atoms with Gasteiger partial charge in [-0.2, -0.15) is 0 Å². The molecule has 1 aromatic carbocycles. The standard InChI is InChI=1S/C33H32N2O3S3/c1-2-3-4-5-16-35-32(37)27-28(33(35)38)31(41-30(27)25-11-10-23(19-36)39-25)26-13-12-24(40-26)22-17-20-8-6-14-34-15-7-9-21(18-22)29(20)34/h10-13,17-19H,2-9,14-16H2,1H3. The number of thiophene rings is 3. The van der Waals surface area contributed by atoms with Gasteiger partial charge in [0.15, 0.2) is 6.29 Å². The second-order valence-corrected chi connectivity index (χ2v) is 14.4. The van der Waals surface area contributed by atoms with E-state index in [-0.39, 0.29) is 11.8 Å². The molecule has 0 spiro atoms. The average molecular weight is 601 g/mol. The maximum absolute atomic E-state index is 13.8. The Hall–Kier alpha value is -3.07. The number of unbranched alkanes of at least 4 members (excludes halogenated alkanes) is 3. The van der Waals surface area contributed by atoms with Gasteiger partial charge in [0.25, 0.3) is 11.8 Å². The largest absolute Gasteiger partial charge is 0.371 e. The number of aryl methyl sites for hydroxylation is 2. The predicted octanol–water partition coefficient (Wildman–Crippen LogP) is 8.56. The monoisotopic (exact) mass is 600 g/mol. The maximum atomic E-state index is 13.8. The van der Waals surface area contributed by atoms with E-state index in [1.165, 1.54) is 67.7 Å². The summed E-state index contributed by atoms with van der Waals surface area (Å²) in [5.41, 5.74) is 6.69. The molecule has 2 amide bonds. The Balaban J connectivity index is 1.28. The molecule has 0 radical (unpaired) electrons. The SMILES string of the molecule is CCCCCCN1C(=O)c2c(-c3ccc(C=O)s3)sc(-c3ccc(-c4cc5c6c(c4)CCCN6CCC5)s3)c2C1=O. The van der Waals surface area contributed by atoms with Crippen molar-refractivity contribution in [1.29, 1.82) is 0 Å². The first-order valence-corrected chi connectivity index (χ1v) is 17.1. The molecule has 6 heterocycles. The van der Waals surface area contributed by atoms with Gasteiger partial charge in [0, 0.05) is 40.0 Å². The summed E-state index contributed by atoms with van der Waals surface area (Å²) in [7, 11) is 0. The van der Waals surface area contributed by atoms with Crippen molar-refractivity contribution < 1.29 is 14.4 Å². The highest BCUT2D eigenvalue weighted by atomic mass is 32.1. The molecule has 7 rings (SSSR count). The normalized spacial score (nSPS) is 15.9. The molecule has 0 bridgehead atoms. The van der Waals surface area contributed by atoms with Crippen molar-refractivity contribution in [3.8, 4) is 29.9 Å². The van der Waals surface area contributed by atoms with Gasteiger partial charge in [0.05, 0.1) is 25.8 Å². The molecule has 0 atom stereocenters. The lowest BCUT2D eigenvalue weighted by molar-refractivity contribution is 0.0651. The number of benzene rings is 1. The summed E-state index contributed by atoms with van der Waals surface area (Å²) in [4.78, 5) is 48.3. The molecule has 5 nitrogen and oxygen atoms in total. The van der Waals surface area contributed by atoms with E-state index < -0.39 is 0 Å². The zero-order valence-electron chi connectivity index (χ0n) is 23.2. The van der Waals surface area contributed by atoms with Crippen molar-refractivity contribution in [2.75, 3.05) is 24.5 Å². The van der Waals surface area contributed by atoms with E-state index >= 15 is 0 Å². The van der Waals surface area contributed by atoms with Gasteiger partial charge in [-0.1, -0.05) is 26.2 Å². The number of hydrogen-bond donors (Lipinski definition) is 0. The van der Waals surface area contributed by atoms with E-state index in [1.807, 2.05) is 6.07 Å². The van der Waals surface area contributed by atoms with Gasteiger partial charge >= 0.3 is 0 Å². The first kappa shape index (κ1) is 26.8. The topological polar surface area (TPSA) is 57.7 Å². The smallest absolute Gasteiger partial charge is 0.263 e. The number of fused-ring (bicyclic) bond motifs is 1. The van der Waals surface area contributed by atoms with Gasteiger partial charge in [0.1, 0.15) is 0 Å². The number of carbonyl (C=O) groups excluding carboxylic acids is 3. The molecule has 8 heteroatoms. The molecule has 0 saturated carbocycles. The fourth-order valence-electron chi connectivity index (χ4n) is 6.55. The lowest BCUT2D eigenvalue weighted by Gasteiger charge is -2.37. The van der Waals surface area contributed by atoms with Crippen LogP contribution in [-0.4, -0.2) is 42.6 Å². The fraction of sp³-hybridized carbons (Fsp3) is 0.364. The third-order valence-electron chi connectivity index (χ3n) is 8.47. The van der Waals surface area contributed by atoms with Crippen LogP contribution >= 0.6 is 34.0 Å². The molecule has 4 aromatic rings. The molecule has 0 N–H and O–H groups in total. The second-order valence-electron chi connectivity index (χ2n) is 11.2. The Labute approximate surface area is 252 Å². The number of anilines is 1. The minimum absolute atomic E-state index is 0.181. The van der Waals surface area contributed by atoms with E-state index in [4.69, 9.17) is 0 Å². The van der Waals surface area contributed by atoms with E-state index in [9.17, 15) is 14.4 Å². The van der Waals surface area contributed by atoms with Gasteiger partial charge in [0.2, 0.25) is 0 Å². The molecule has 3 aromatic heterocycles. The number of nitrogens with zero attached hydrogens (tertiary/aromatic N) is 2. The molecule has 3 aliphatic rings. The summed E-state index contributed by atoms with van der Waals surface area (Å²) >= 11 is 4.59. The molecule has 0 aliphatic carbocycles. The molecule has 210 valence electrons. The van der Waals surface area contributed by atoms with Gasteiger partial charge < -0.3 is 4.90 Å². The minimum Gasteiger partial charge on any atom is -0.371 e. The molecule has 0 saturated heterocycles. The van der Waals surface area contributed by atoms with Gasteiger partial charge in [-0.15, -0.1) is 34.0 Å². The first-order valence-electron chi connectivity index (χ1n) is 14.7. The zero-order chi connectivity index (χ0) is 28.1. The van der Waals surface area contributed by atoms with Crippen LogP contribution in [0.25, 0.3) is 29.9 Å². The van der Waals surface area contributed by atoms with Crippen LogP contribution in [0.4, 0.5) is 5.69 Å². The lowest BCUT2D eigenvalue weighted by atomic mass is 9.90. The number of amides is 2. The van der Waals surface area contributed by atoms with E-state index in [0.29, 0.717) is 22.5 Å². The molecular formula is C33H32N2O3S3. The van der Waals surface area contributed by atoms with Crippen molar-refractivity contribution in [3.05, 3.63) is 63.5 Å². The summed E-state index contributed by atoms with van der Waals surface area (Å²) in [6.45, 7) is 4.93. The molecular weight excluding hydrogens is 569 g/mol. The molecule has 41 heavy (non-hydrogen) atoms. The summed E-state index contributed by atoms with van der Waals surface area (Å²) in [5.74, 6) is -0.380. The Morgan fingerprint density at radius 2 is 1.41 bits per heavy atom. The second kappa shape index (κ2) is 11.0. The van der Waals surface area contributed by atoms with Crippen LogP contribution in [0.2, 0.25) is 0 Å². The fourth-order valence-corrected chi connectivity index (χ4v) is 9.88. The van der Waals surface area contributed by atoms with Crippen molar-refractivity contribution in [3.63, 3.8) is 0 Å². The van der Waals surface area contributed by atoms with Crippen LogP contribution in [0.1, 0.15) is 87.0 Å².